The van der Waals surface area contributed by atoms with Crippen molar-refractivity contribution in [3.05, 3.63) is 75.9 Å². The SMILES string of the molecule is O=C(/C=C/c1ccc(Cl)c(Cl)c1)NCC1CCCC(CN2CCC(c3c[nH]c4ccccc34)CC2)C1. The van der Waals surface area contributed by atoms with Crippen molar-refractivity contribution in [1.29, 1.82) is 0 Å². The molecule has 1 saturated carbocycles. The van der Waals surface area contributed by atoms with Crippen molar-refractivity contribution in [2.75, 3.05) is 26.2 Å². The third kappa shape index (κ3) is 6.34. The number of H-pyrrole nitrogens is 1. The minimum Gasteiger partial charge on any atom is -0.361 e. The van der Waals surface area contributed by atoms with Crippen LogP contribution in [0.15, 0.2) is 54.7 Å². The van der Waals surface area contributed by atoms with E-state index in [1.165, 1.54) is 74.6 Å². The minimum absolute atomic E-state index is 0.0532. The summed E-state index contributed by atoms with van der Waals surface area (Å²) in [6.07, 6.45) is 13.0. The molecule has 2 aliphatic rings. The quantitative estimate of drug-likeness (QED) is 0.319. The molecule has 0 spiro atoms. The van der Waals surface area contributed by atoms with Crippen LogP contribution in [0.3, 0.4) is 0 Å². The molecule has 4 nitrogen and oxygen atoms in total. The van der Waals surface area contributed by atoms with Gasteiger partial charge in [-0.1, -0.05) is 53.9 Å². The zero-order valence-corrected chi connectivity index (χ0v) is 22.2. The summed E-state index contributed by atoms with van der Waals surface area (Å²) in [6, 6.07) is 14.0. The first-order chi connectivity index (χ1) is 17.5. The summed E-state index contributed by atoms with van der Waals surface area (Å²) < 4.78 is 0. The van der Waals surface area contributed by atoms with Gasteiger partial charge in [0.2, 0.25) is 5.91 Å². The van der Waals surface area contributed by atoms with Crippen LogP contribution in [0.2, 0.25) is 10.0 Å². The number of hydrogen-bond donors (Lipinski definition) is 2. The van der Waals surface area contributed by atoms with Gasteiger partial charge >= 0.3 is 0 Å². The number of aromatic nitrogens is 1. The summed E-state index contributed by atoms with van der Waals surface area (Å²) in [5, 5.41) is 5.51. The van der Waals surface area contributed by atoms with E-state index in [9.17, 15) is 4.79 Å². The second-order valence-electron chi connectivity index (χ2n) is 10.5. The van der Waals surface area contributed by atoms with E-state index in [0.717, 1.165) is 18.0 Å². The van der Waals surface area contributed by atoms with Crippen LogP contribution in [-0.2, 0) is 4.79 Å². The highest BCUT2D eigenvalue weighted by Crippen LogP contribution is 2.35. The fourth-order valence-electron chi connectivity index (χ4n) is 6.07. The first-order valence-corrected chi connectivity index (χ1v) is 14.0. The monoisotopic (exact) mass is 523 g/mol. The van der Waals surface area contributed by atoms with Gasteiger partial charge < -0.3 is 15.2 Å². The molecule has 1 aliphatic carbocycles. The fourth-order valence-corrected chi connectivity index (χ4v) is 6.38. The van der Waals surface area contributed by atoms with E-state index in [1.807, 2.05) is 6.07 Å². The first kappa shape index (κ1) is 25.4. The predicted molar refractivity (Wildman–Crippen MR) is 151 cm³/mol. The summed E-state index contributed by atoms with van der Waals surface area (Å²) in [5.41, 5.74) is 3.61. The Morgan fingerprint density at radius 1 is 1.03 bits per heavy atom. The molecular formula is C30H35Cl2N3O. The Morgan fingerprint density at radius 2 is 1.83 bits per heavy atom. The second kappa shape index (κ2) is 11.9. The Balaban J connectivity index is 1.05. The van der Waals surface area contributed by atoms with Crippen LogP contribution in [0.4, 0.5) is 0 Å². The van der Waals surface area contributed by atoms with E-state index in [2.05, 4.69) is 45.7 Å². The molecule has 1 amide bonds. The molecule has 5 rings (SSSR count). The lowest BCUT2D eigenvalue weighted by Gasteiger charge is -2.37. The molecular weight excluding hydrogens is 489 g/mol. The van der Waals surface area contributed by atoms with Gasteiger partial charge in [-0.25, -0.2) is 0 Å². The molecule has 36 heavy (non-hydrogen) atoms. The van der Waals surface area contributed by atoms with Crippen LogP contribution >= 0.6 is 23.2 Å². The molecule has 3 aromatic rings. The summed E-state index contributed by atoms with van der Waals surface area (Å²) in [4.78, 5) is 18.5. The summed E-state index contributed by atoms with van der Waals surface area (Å²) in [5.74, 6) is 1.90. The molecule has 2 unspecified atom stereocenters. The van der Waals surface area contributed by atoms with Crippen LogP contribution in [0.5, 0.6) is 0 Å². The number of likely N-dealkylation sites (tertiary alicyclic amines) is 1. The van der Waals surface area contributed by atoms with E-state index in [0.29, 0.717) is 21.9 Å². The number of carbonyl (C=O) groups excluding carboxylic acids is 1. The van der Waals surface area contributed by atoms with Gasteiger partial charge in [0.05, 0.1) is 10.0 Å². The normalized spacial score (nSPS) is 21.8. The number of nitrogens with zero attached hydrogens (tertiary/aromatic N) is 1. The Bertz CT molecular complexity index is 1210. The van der Waals surface area contributed by atoms with Crippen molar-refractivity contribution >= 4 is 46.1 Å². The van der Waals surface area contributed by atoms with E-state index >= 15 is 0 Å². The highest BCUT2D eigenvalue weighted by molar-refractivity contribution is 6.42. The van der Waals surface area contributed by atoms with Crippen molar-refractivity contribution < 1.29 is 4.79 Å². The van der Waals surface area contributed by atoms with Crippen molar-refractivity contribution in [3.63, 3.8) is 0 Å². The molecule has 1 aromatic heterocycles. The maximum Gasteiger partial charge on any atom is 0.244 e. The van der Waals surface area contributed by atoms with Crippen LogP contribution in [0.25, 0.3) is 17.0 Å². The molecule has 2 fully saturated rings. The molecule has 2 heterocycles. The molecule has 1 aliphatic heterocycles. The molecule has 190 valence electrons. The van der Waals surface area contributed by atoms with Gasteiger partial charge in [0.15, 0.2) is 0 Å². The molecule has 1 saturated heterocycles. The number of rotatable bonds is 7. The average Bonchev–Trinajstić information content (AvgIpc) is 3.33. The van der Waals surface area contributed by atoms with Crippen molar-refractivity contribution in [1.82, 2.24) is 15.2 Å². The van der Waals surface area contributed by atoms with Crippen LogP contribution in [-0.4, -0.2) is 42.0 Å². The molecule has 2 aromatic carbocycles. The zero-order valence-electron chi connectivity index (χ0n) is 20.7. The third-order valence-electron chi connectivity index (χ3n) is 7.99. The van der Waals surface area contributed by atoms with Crippen LogP contribution in [0, 0.1) is 11.8 Å². The van der Waals surface area contributed by atoms with Gasteiger partial charge in [-0.2, -0.15) is 0 Å². The van der Waals surface area contributed by atoms with Crippen molar-refractivity contribution in [2.45, 2.75) is 44.4 Å². The van der Waals surface area contributed by atoms with E-state index < -0.39 is 0 Å². The highest BCUT2D eigenvalue weighted by Gasteiger charge is 2.27. The zero-order chi connectivity index (χ0) is 24.9. The van der Waals surface area contributed by atoms with Gasteiger partial charge in [0.25, 0.3) is 0 Å². The van der Waals surface area contributed by atoms with Crippen LogP contribution in [0.1, 0.15) is 55.6 Å². The van der Waals surface area contributed by atoms with Gasteiger partial charge in [-0.15, -0.1) is 0 Å². The highest BCUT2D eigenvalue weighted by atomic mass is 35.5. The average molecular weight is 525 g/mol. The number of para-hydroxylation sites is 1. The lowest BCUT2D eigenvalue weighted by molar-refractivity contribution is -0.116. The number of amides is 1. The smallest absolute Gasteiger partial charge is 0.244 e. The summed E-state index contributed by atoms with van der Waals surface area (Å²) in [6.45, 7) is 4.31. The lowest BCUT2D eigenvalue weighted by atomic mass is 9.80. The number of piperidine rings is 1. The summed E-state index contributed by atoms with van der Waals surface area (Å²) >= 11 is 12.0. The third-order valence-corrected chi connectivity index (χ3v) is 8.73. The maximum atomic E-state index is 12.4. The first-order valence-electron chi connectivity index (χ1n) is 13.2. The fraction of sp³-hybridized carbons (Fsp3) is 0.433. The molecule has 6 heteroatoms. The lowest BCUT2D eigenvalue weighted by Crippen LogP contribution is -2.39. The number of nitrogens with one attached hydrogen (secondary N) is 2. The minimum atomic E-state index is -0.0532. The van der Waals surface area contributed by atoms with Crippen molar-refractivity contribution in [3.8, 4) is 0 Å². The van der Waals surface area contributed by atoms with E-state index in [4.69, 9.17) is 23.2 Å². The topological polar surface area (TPSA) is 48.1 Å². The predicted octanol–water partition coefficient (Wildman–Crippen LogP) is 7.29. The number of carbonyl (C=O) groups is 1. The van der Waals surface area contributed by atoms with E-state index in [1.54, 1.807) is 24.3 Å². The Labute approximate surface area is 224 Å². The van der Waals surface area contributed by atoms with Gasteiger partial charge in [-0.3, -0.25) is 4.79 Å². The van der Waals surface area contributed by atoms with Crippen molar-refractivity contribution in [2.24, 2.45) is 11.8 Å². The Hall–Kier alpha value is -2.27. The van der Waals surface area contributed by atoms with Gasteiger partial charge in [0, 0.05) is 36.3 Å². The number of benzene rings is 2. The largest absolute Gasteiger partial charge is 0.361 e. The summed E-state index contributed by atoms with van der Waals surface area (Å²) in [7, 11) is 0. The molecule has 0 bridgehead atoms. The number of hydrogen-bond acceptors (Lipinski definition) is 2. The number of fused-ring (bicyclic) bond motifs is 1. The Kier molecular flexibility index (Phi) is 8.36. The number of halogens is 2. The number of aromatic amines is 1. The molecule has 0 radical (unpaired) electrons. The van der Waals surface area contributed by atoms with Crippen LogP contribution < -0.4 is 5.32 Å². The second-order valence-corrected chi connectivity index (χ2v) is 11.3. The Morgan fingerprint density at radius 3 is 2.67 bits per heavy atom. The maximum absolute atomic E-state index is 12.4. The standard InChI is InChI=1S/C30H35Cl2N3O/c31-27-10-8-21(17-28(27)32)9-11-30(36)34-18-22-4-3-5-23(16-22)20-35-14-12-24(13-15-35)26-19-33-29-7-2-1-6-25(26)29/h1-2,6-11,17,19,22-24,33H,3-5,12-16,18,20H2,(H,34,36)/b11-9+. The van der Waals surface area contributed by atoms with Gasteiger partial charge in [-0.05, 0) is 98.3 Å². The van der Waals surface area contributed by atoms with Gasteiger partial charge in [0.1, 0.15) is 0 Å². The van der Waals surface area contributed by atoms with E-state index in [-0.39, 0.29) is 5.91 Å². The molecule has 2 atom stereocenters. The molecule has 2 N–H and O–H groups in total.